The van der Waals surface area contributed by atoms with Crippen molar-refractivity contribution in [1.82, 2.24) is 4.83 Å². The van der Waals surface area contributed by atoms with Crippen molar-refractivity contribution in [1.29, 1.82) is 0 Å². The van der Waals surface area contributed by atoms with Crippen molar-refractivity contribution in [2.45, 2.75) is 30.0 Å². The van der Waals surface area contributed by atoms with Crippen LogP contribution < -0.4 is 4.83 Å². The summed E-state index contributed by atoms with van der Waals surface area (Å²) in [7, 11) is -3.88. The van der Waals surface area contributed by atoms with Crippen LogP contribution in [0.3, 0.4) is 0 Å². The van der Waals surface area contributed by atoms with Crippen molar-refractivity contribution in [3.05, 3.63) is 29.8 Å². The van der Waals surface area contributed by atoms with Crippen LogP contribution in [0.25, 0.3) is 0 Å². The minimum absolute atomic E-state index is 0.0283. The summed E-state index contributed by atoms with van der Waals surface area (Å²) in [6, 6.07) is 6.17. The fraction of sp³-hybridized carbons (Fsp3) is 0.385. The zero-order chi connectivity index (χ0) is 17.0. The second-order valence-electron chi connectivity index (χ2n) is 4.40. The van der Waals surface area contributed by atoms with Crippen LogP contribution in [0.2, 0.25) is 0 Å². The molecule has 0 aliphatic carbocycles. The van der Waals surface area contributed by atoms with E-state index in [1.54, 1.807) is 19.1 Å². The molecule has 122 valence electrons. The third-order valence-electron chi connectivity index (χ3n) is 2.65. The quantitative estimate of drug-likeness (QED) is 0.362. The number of hydrogen-bond acceptors (Lipinski definition) is 5. The molecule has 0 fully saturated rings. The molecule has 6 nitrogen and oxygen atoms in total. The van der Waals surface area contributed by atoms with Gasteiger partial charge in [-0.15, -0.1) is 0 Å². The van der Waals surface area contributed by atoms with Gasteiger partial charge in [0.25, 0.3) is 14.4 Å². The summed E-state index contributed by atoms with van der Waals surface area (Å²) in [6.45, 7) is 4.83. The number of carbonyl (C=O) groups excluding carboxylic acids is 1. The highest BCUT2D eigenvalue weighted by molar-refractivity contribution is 7.89. The van der Waals surface area contributed by atoms with Crippen LogP contribution in [-0.2, 0) is 19.6 Å². The molecule has 1 aromatic rings. The van der Waals surface area contributed by atoms with Crippen LogP contribution in [0.15, 0.2) is 34.3 Å². The number of nitrogens with zero attached hydrogens (tertiary/aromatic N) is 1. The first-order chi connectivity index (χ1) is 10.1. The fourth-order valence-corrected chi connectivity index (χ4v) is 2.39. The summed E-state index contributed by atoms with van der Waals surface area (Å²) in [5.74, 6) is -0.922. The fourth-order valence-electron chi connectivity index (χ4n) is 1.34. The number of sulfonamides is 1. The highest BCUT2D eigenvalue weighted by Gasteiger charge is 2.39. The van der Waals surface area contributed by atoms with Crippen molar-refractivity contribution in [3.63, 3.8) is 0 Å². The maximum Gasteiger partial charge on any atom is 0.348 e. The van der Waals surface area contributed by atoms with Gasteiger partial charge < -0.3 is 4.74 Å². The molecule has 0 bridgehead atoms. The first kappa shape index (κ1) is 18.7. The number of ether oxygens (including phenoxy) is 1. The molecule has 0 aliphatic heterocycles. The average molecular weight is 367 g/mol. The van der Waals surface area contributed by atoms with Crippen molar-refractivity contribution in [2.75, 3.05) is 6.61 Å². The number of rotatable bonds is 6. The van der Waals surface area contributed by atoms with Crippen molar-refractivity contribution in [3.8, 4) is 0 Å². The van der Waals surface area contributed by atoms with E-state index in [2.05, 4.69) is 5.10 Å². The Morgan fingerprint density at radius 2 is 1.86 bits per heavy atom. The van der Waals surface area contributed by atoms with E-state index in [0.29, 0.717) is 0 Å². The number of hydrogen-bond donors (Lipinski definition) is 1. The molecular formula is C13H16Cl2N2O4S. The van der Waals surface area contributed by atoms with Crippen molar-refractivity contribution in [2.24, 2.45) is 5.10 Å². The lowest BCUT2D eigenvalue weighted by molar-refractivity contribution is -0.142. The Labute approximate surface area is 139 Å². The molecule has 0 heterocycles. The first-order valence-corrected chi connectivity index (χ1v) is 8.53. The summed E-state index contributed by atoms with van der Waals surface area (Å²) < 4.78 is 26.7. The summed E-state index contributed by atoms with van der Waals surface area (Å²) in [5, 5.41) is 3.58. The Morgan fingerprint density at radius 3 is 2.36 bits per heavy atom. The summed E-state index contributed by atoms with van der Waals surface area (Å²) in [4.78, 5) is 13.6. The Balaban J connectivity index is 2.94. The lowest BCUT2D eigenvalue weighted by atomic mass is 10.2. The van der Waals surface area contributed by atoms with Gasteiger partial charge in [0.1, 0.15) is 0 Å². The molecule has 0 saturated carbocycles. The highest BCUT2D eigenvalue weighted by atomic mass is 35.5. The number of esters is 1. The Hall–Kier alpha value is -1.31. The average Bonchev–Trinajstić information content (AvgIpc) is 2.45. The molecule has 22 heavy (non-hydrogen) atoms. The molecule has 0 spiro atoms. The molecule has 0 aromatic heterocycles. The number of halogens is 2. The molecule has 9 heteroatoms. The molecule has 1 rings (SSSR count). The summed E-state index contributed by atoms with van der Waals surface area (Å²) >= 11 is 11.7. The van der Waals surface area contributed by atoms with E-state index in [0.717, 1.165) is 5.56 Å². The van der Waals surface area contributed by atoms with E-state index in [4.69, 9.17) is 27.9 Å². The number of alkyl halides is 2. The maximum absolute atomic E-state index is 12.0. The topological polar surface area (TPSA) is 84.8 Å². The number of aryl methyl sites for hydroxylation is 1. The van der Waals surface area contributed by atoms with Gasteiger partial charge in [-0.05, 0) is 32.9 Å². The number of nitrogens with one attached hydrogen (secondary N) is 1. The highest BCUT2D eigenvalue weighted by Crippen LogP contribution is 2.25. The molecule has 0 atom stereocenters. The third kappa shape index (κ3) is 4.59. The smallest absolute Gasteiger partial charge is 0.348 e. The van der Waals surface area contributed by atoms with E-state index in [-0.39, 0.29) is 17.2 Å². The van der Waals surface area contributed by atoms with Crippen LogP contribution in [0.1, 0.15) is 19.4 Å². The number of hydrazone groups is 1. The Morgan fingerprint density at radius 1 is 1.32 bits per heavy atom. The van der Waals surface area contributed by atoms with Gasteiger partial charge in [0.15, 0.2) is 0 Å². The van der Waals surface area contributed by atoms with Crippen LogP contribution >= 0.6 is 23.2 Å². The molecule has 1 aromatic carbocycles. The minimum atomic E-state index is -3.88. The predicted octanol–water partition coefficient (Wildman–Crippen LogP) is 2.39. The molecule has 0 amide bonds. The predicted molar refractivity (Wildman–Crippen MR) is 85.7 cm³/mol. The lowest BCUT2D eigenvalue weighted by Crippen LogP contribution is -2.37. The second-order valence-corrected chi connectivity index (χ2v) is 7.39. The standard InChI is InChI=1S/C13H16Cl2N2O4S/c1-4-21-12(18)13(14,15)10(3)16-17-22(19,20)11-7-5-9(2)6-8-11/h5-8,17H,4H2,1-3H3/b16-10-. The molecular weight excluding hydrogens is 351 g/mol. The number of carbonyl (C=O) groups is 1. The SMILES string of the molecule is CCOC(=O)C(Cl)(Cl)/C(C)=N\NS(=O)(=O)c1ccc(C)cc1. The van der Waals surface area contributed by atoms with E-state index >= 15 is 0 Å². The molecule has 0 saturated heterocycles. The van der Waals surface area contributed by atoms with E-state index in [1.807, 2.05) is 11.8 Å². The van der Waals surface area contributed by atoms with Gasteiger partial charge in [0.2, 0.25) is 0 Å². The second kappa shape index (κ2) is 7.30. The van der Waals surface area contributed by atoms with E-state index in [9.17, 15) is 13.2 Å². The zero-order valence-electron chi connectivity index (χ0n) is 12.3. The van der Waals surface area contributed by atoms with Gasteiger partial charge in [-0.25, -0.2) is 9.63 Å². The van der Waals surface area contributed by atoms with Crippen LogP contribution in [0.5, 0.6) is 0 Å². The van der Waals surface area contributed by atoms with Gasteiger partial charge in [-0.2, -0.15) is 13.5 Å². The van der Waals surface area contributed by atoms with Gasteiger partial charge in [0, 0.05) is 0 Å². The Kier molecular flexibility index (Phi) is 6.22. The van der Waals surface area contributed by atoms with E-state index in [1.165, 1.54) is 19.1 Å². The third-order valence-corrected chi connectivity index (χ3v) is 4.73. The van der Waals surface area contributed by atoms with Crippen LogP contribution in [0.4, 0.5) is 0 Å². The molecule has 0 aliphatic rings. The molecule has 0 unspecified atom stereocenters. The minimum Gasteiger partial charge on any atom is -0.463 e. The lowest BCUT2D eigenvalue weighted by Gasteiger charge is -2.17. The normalized spacial score (nSPS) is 12.9. The van der Waals surface area contributed by atoms with Crippen LogP contribution in [0, 0.1) is 6.92 Å². The molecule has 1 N–H and O–H groups in total. The van der Waals surface area contributed by atoms with Gasteiger partial charge in [-0.1, -0.05) is 40.9 Å². The first-order valence-electron chi connectivity index (χ1n) is 6.29. The maximum atomic E-state index is 12.0. The number of benzene rings is 1. The van der Waals surface area contributed by atoms with Gasteiger partial charge in [0.05, 0.1) is 17.2 Å². The largest absolute Gasteiger partial charge is 0.463 e. The van der Waals surface area contributed by atoms with Crippen LogP contribution in [-0.4, -0.2) is 31.0 Å². The summed E-state index contributed by atoms with van der Waals surface area (Å²) in [6.07, 6.45) is 0. The zero-order valence-corrected chi connectivity index (χ0v) is 14.6. The molecule has 0 radical (unpaired) electrons. The van der Waals surface area contributed by atoms with Gasteiger partial charge in [-0.3, -0.25) is 0 Å². The van der Waals surface area contributed by atoms with E-state index < -0.39 is 20.3 Å². The van der Waals surface area contributed by atoms with Crippen molar-refractivity contribution < 1.29 is 17.9 Å². The summed E-state index contributed by atoms with van der Waals surface area (Å²) in [5.41, 5.74) is 0.770. The Bertz CT molecular complexity index is 670. The van der Waals surface area contributed by atoms with Gasteiger partial charge >= 0.3 is 5.97 Å². The monoisotopic (exact) mass is 366 g/mol. The van der Waals surface area contributed by atoms with Crippen molar-refractivity contribution >= 4 is 44.9 Å².